The molecule has 1 aliphatic carbocycles. The van der Waals surface area contributed by atoms with Crippen molar-refractivity contribution in [2.75, 3.05) is 5.75 Å². The van der Waals surface area contributed by atoms with Crippen LogP contribution in [0.5, 0.6) is 0 Å². The van der Waals surface area contributed by atoms with Gasteiger partial charge in [-0.05, 0) is 49.6 Å². The number of para-hydroxylation sites is 1. The smallest absolute Gasteiger partial charge is 0.266 e. The zero-order valence-corrected chi connectivity index (χ0v) is 17.7. The largest absolute Gasteiger partial charge is 0.353 e. The molecule has 29 heavy (non-hydrogen) atoms. The van der Waals surface area contributed by atoms with Crippen LogP contribution in [-0.2, 0) is 4.79 Å². The third-order valence-corrected chi connectivity index (χ3v) is 6.63. The van der Waals surface area contributed by atoms with Crippen LogP contribution in [-0.4, -0.2) is 27.3 Å². The third kappa shape index (κ3) is 4.19. The first kappa shape index (κ1) is 20.0. The van der Waals surface area contributed by atoms with Crippen LogP contribution in [0.1, 0.15) is 31.2 Å². The van der Waals surface area contributed by atoms with Gasteiger partial charge in [-0.2, -0.15) is 0 Å². The lowest BCUT2D eigenvalue weighted by molar-refractivity contribution is -0.119. The van der Waals surface area contributed by atoms with Crippen LogP contribution in [0.3, 0.4) is 0 Å². The fourth-order valence-corrected chi connectivity index (χ4v) is 4.72. The number of benzene rings is 2. The molecule has 0 aliphatic heterocycles. The van der Waals surface area contributed by atoms with Gasteiger partial charge in [0.05, 0.1) is 22.3 Å². The van der Waals surface area contributed by atoms with Crippen LogP contribution in [0.15, 0.2) is 52.4 Å². The molecule has 0 spiro atoms. The van der Waals surface area contributed by atoms with Crippen molar-refractivity contribution in [3.05, 3.63) is 63.4 Å². The summed E-state index contributed by atoms with van der Waals surface area (Å²) in [5.41, 5.74) is 1.93. The quantitative estimate of drug-likeness (QED) is 0.481. The van der Waals surface area contributed by atoms with Gasteiger partial charge in [-0.15, -0.1) is 0 Å². The molecule has 0 radical (unpaired) electrons. The summed E-state index contributed by atoms with van der Waals surface area (Å²) in [5, 5.41) is 4.69. The fourth-order valence-electron chi connectivity index (χ4n) is 3.73. The van der Waals surface area contributed by atoms with E-state index in [2.05, 4.69) is 10.3 Å². The number of fused-ring (bicyclic) bond motifs is 1. The van der Waals surface area contributed by atoms with E-state index >= 15 is 0 Å². The van der Waals surface area contributed by atoms with Gasteiger partial charge in [0.1, 0.15) is 0 Å². The lowest BCUT2D eigenvalue weighted by Crippen LogP contribution is -2.34. The molecule has 2 aromatic carbocycles. The molecule has 150 valence electrons. The summed E-state index contributed by atoms with van der Waals surface area (Å²) in [6.45, 7) is 1.88. The SMILES string of the molecule is Cc1c(Cl)cccc1-n1c(SCC(=O)NC2CCCC2)nc2ccccc2c1=O. The van der Waals surface area contributed by atoms with Crippen LogP contribution in [0.4, 0.5) is 0 Å². The lowest BCUT2D eigenvalue weighted by Gasteiger charge is -2.16. The first-order chi connectivity index (χ1) is 14.0. The zero-order valence-electron chi connectivity index (χ0n) is 16.2. The van der Waals surface area contributed by atoms with Gasteiger partial charge in [0.2, 0.25) is 5.91 Å². The molecule has 1 aromatic heterocycles. The minimum absolute atomic E-state index is 0.0290. The van der Waals surface area contributed by atoms with Gasteiger partial charge >= 0.3 is 0 Å². The molecule has 1 aliphatic rings. The predicted molar refractivity (Wildman–Crippen MR) is 118 cm³/mol. The lowest BCUT2D eigenvalue weighted by atomic mass is 10.2. The molecule has 1 fully saturated rings. The van der Waals surface area contributed by atoms with Gasteiger partial charge in [-0.3, -0.25) is 14.2 Å². The van der Waals surface area contributed by atoms with Gasteiger partial charge < -0.3 is 5.32 Å². The van der Waals surface area contributed by atoms with Crippen LogP contribution >= 0.6 is 23.4 Å². The van der Waals surface area contributed by atoms with Crippen molar-refractivity contribution < 1.29 is 4.79 Å². The molecule has 0 unspecified atom stereocenters. The highest BCUT2D eigenvalue weighted by Gasteiger charge is 2.19. The average Bonchev–Trinajstić information content (AvgIpc) is 3.22. The highest BCUT2D eigenvalue weighted by Crippen LogP contribution is 2.26. The van der Waals surface area contributed by atoms with E-state index in [1.54, 1.807) is 16.7 Å². The summed E-state index contributed by atoms with van der Waals surface area (Å²) < 4.78 is 1.57. The van der Waals surface area contributed by atoms with E-state index in [1.165, 1.54) is 11.8 Å². The number of thioether (sulfide) groups is 1. The van der Waals surface area contributed by atoms with Crippen LogP contribution in [0.2, 0.25) is 5.02 Å². The molecule has 7 heteroatoms. The number of rotatable bonds is 5. The Balaban J connectivity index is 1.72. The van der Waals surface area contributed by atoms with Crippen LogP contribution in [0, 0.1) is 6.92 Å². The number of nitrogens with zero attached hydrogens (tertiary/aromatic N) is 2. The summed E-state index contributed by atoms with van der Waals surface area (Å²) in [7, 11) is 0. The second-order valence-electron chi connectivity index (χ2n) is 7.27. The molecule has 3 aromatic rings. The molecule has 0 bridgehead atoms. The number of hydrogen-bond donors (Lipinski definition) is 1. The van der Waals surface area contributed by atoms with E-state index in [9.17, 15) is 9.59 Å². The van der Waals surface area contributed by atoms with E-state index in [-0.39, 0.29) is 23.3 Å². The molecule has 1 saturated carbocycles. The highest BCUT2D eigenvalue weighted by molar-refractivity contribution is 7.99. The number of carbonyl (C=O) groups excluding carboxylic acids is 1. The maximum absolute atomic E-state index is 13.3. The first-order valence-corrected chi connectivity index (χ1v) is 11.1. The van der Waals surface area contributed by atoms with Crippen LogP contribution < -0.4 is 10.9 Å². The number of halogens is 1. The summed E-state index contributed by atoms with van der Waals surface area (Å²) in [6.07, 6.45) is 4.41. The highest BCUT2D eigenvalue weighted by atomic mass is 35.5. The van der Waals surface area contributed by atoms with Crippen molar-refractivity contribution in [2.45, 2.75) is 43.8 Å². The van der Waals surface area contributed by atoms with Gasteiger partial charge in [0.25, 0.3) is 5.56 Å². The van der Waals surface area contributed by atoms with E-state index < -0.39 is 0 Å². The minimum Gasteiger partial charge on any atom is -0.353 e. The number of hydrogen-bond acceptors (Lipinski definition) is 4. The molecule has 4 rings (SSSR count). The minimum atomic E-state index is -0.167. The Morgan fingerprint density at radius 3 is 2.76 bits per heavy atom. The van der Waals surface area contributed by atoms with Crippen molar-refractivity contribution in [2.24, 2.45) is 0 Å². The molecule has 1 heterocycles. The number of amides is 1. The van der Waals surface area contributed by atoms with Crippen molar-refractivity contribution in [3.8, 4) is 5.69 Å². The van der Waals surface area contributed by atoms with Gasteiger partial charge in [-0.1, -0.05) is 54.4 Å². The van der Waals surface area contributed by atoms with E-state index in [4.69, 9.17) is 11.6 Å². The molecule has 1 amide bonds. The Hall–Kier alpha value is -2.31. The van der Waals surface area contributed by atoms with Gasteiger partial charge in [-0.25, -0.2) is 4.98 Å². The zero-order chi connectivity index (χ0) is 20.4. The molecule has 0 saturated heterocycles. The third-order valence-electron chi connectivity index (χ3n) is 5.28. The topological polar surface area (TPSA) is 64.0 Å². The number of carbonyl (C=O) groups is 1. The Labute approximate surface area is 178 Å². The second-order valence-corrected chi connectivity index (χ2v) is 8.62. The summed E-state index contributed by atoms with van der Waals surface area (Å²) >= 11 is 7.58. The number of nitrogens with one attached hydrogen (secondary N) is 1. The molecular weight excluding hydrogens is 406 g/mol. The average molecular weight is 428 g/mol. The van der Waals surface area contributed by atoms with Gasteiger partial charge in [0.15, 0.2) is 5.16 Å². The van der Waals surface area contributed by atoms with E-state index in [0.29, 0.717) is 26.8 Å². The maximum atomic E-state index is 13.3. The van der Waals surface area contributed by atoms with Crippen LogP contribution in [0.25, 0.3) is 16.6 Å². The molecule has 5 nitrogen and oxygen atoms in total. The van der Waals surface area contributed by atoms with Crippen molar-refractivity contribution >= 4 is 40.2 Å². The van der Waals surface area contributed by atoms with Gasteiger partial charge in [0, 0.05) is 11.1 Å². The molecular formula is C22H22ClN3O2S. The van der Waals surface area contributed by atoms with E-state index in [1.807, 2.05) is 37.3 Å². The maximum Gasteiger partial charge on any atom is 0.266 e. The predicted octanol–water partition coefficient (Wildman–Crippen LogP) is 4.50. The molecule has 0 atom stereocenters. The number of aromatic nitrogens is 2. The Kier molecular flexibility index (Phi) is 5.92. The summed E-state index contributed by atoms with van der Waals surface area (Å²) in [4.78, 5) is 30.4. The first-order valence-electron chi connectivity index (χ1n) is 9.74. The van der Waals surface area contributed by atoms with E-state index in [0.717, 1.165) is 31.2 Å². The van der Waals surface area contributed by atoms with Crippen molar-refractivity contribution in [1.29, 1.82) is 0 Å². The van der Waals surface area contributed by atoms with Crippen molar-refractivity contribution in [3.63, 3.8) is 0 Å². The van der Waals surface area contributed by atoms with Crippen molar-refractivity contribution in [1.82, 2.24) is 14.9 Å². The standard InChI is InChI=1S/C22H22ClN3O2S/c1-14-17(23)10-6-12-19(14)26-21(28)16-9-4-5-11-18(16)25-22(26)29-13-20(27)24-15-7-2-3-8-15/h4-6,9-12,15H,2-3,7-8,13H2,1H3,(H,24,27). The fraction of sp³-hybridized carbons (Fsp3) is 0.318. The summed E-state index contributed by atoms with van der Waals surface area (Å²) in [5.74, 6) is 0.180. The normalized spacial score (nSPS) is 14.4. The molecule has 1 N–H and O–H groups in total. The monoisotopic (exact) mass is 427 g/mol. The summed E-state index contributed by atoms with van der Waals surface area (Å²) in [6, 6.07) is 13.0. The Morgan fingerprint density at radius 2 is 1.97 bits per heavy atom. The Bertz CT molecular complexity index is 1120. The second kappa shape index (κ2) is 8.59. The Morgan fingerprint density at radius 1 is 1.21 bits per heavy atom.